The second-order valence-electron chi connectivity index (χ2n) is 9.60. The number of nitrogens with zero attached hydrogens (tertiary/aromatic N) is 2. The first kappa shape index (κ1) is 31.1. The molecule has 4 aromatic rings. The number of ether oxygens (including phenoxy) is 3. The molecule has 1 aromatic heterocycles. The number of carbonyl (C=O) groups is 2. The number of fused-ring (bicyclic) bond motifs is 1. The predicted molar refractivity (Wildman–Crippen MR) is 165 cm³/mol. The molecular formula is C31H34N4O7S. The normalized spacial score (nSPS) is 11.8. The molecule has 0 fully saturated rings. The molecule has 2 N–H and O–H groups in total. The highest BCUT2D eigenvalue weighted by molar-refractivity contribution is 7.87. The van der Waals surface area contributed by atoms with Crippen LogP contribution in [0.3, 0.4) is 0 Å². The molecule has 0 bridgehead atoms. The maximum absolute atomic E-state index is 13.5. The van der Waals surface area contributed by atoms with E-state index in [1.807, 2.05) is 12.1 Å². The van der Waals surface area contributed by atoms with Crippen molar-refractivity contribution in [2.75, 3.05) is 42.0 Å². The van der Waals surface area contributed by atoms with Crippen LogP contribution in [0.4, 0.5) is 0 Å². The van der Waals surface area contributed by atoms with Crippen LogP contribution in [0.1, 0.15) is 21.5 Å². The lowest BCUT2D eigenvalue weighted by Gasteiger charge is -2.13. The Balaban J connectivity index is 1.69. The fourth-order valence-electron chi connectivity index (χ4n) is 4.44. The first-order valence-corrected chi connectivity index (χ1v) is 14.7. The molecule has 0 spiro atoms. The highest BCUT2D eigenvalue weighted by Gasteiger charge is 2.22. The quantitative estimate of drug-likeness (QED) is 0.237. The third-order valence-electron chi connectivity index (χ3n) is 6.71. The van der Waals surface area contributed by atoms with Crippen molar-refractivity contribution in [1.29, 1.82) is 0 Å². The van der Waals surface area contributed by atoms with Crippen LogP contribution in [-0.2, 0) is 21.4 Å². The van der Waals surface area contributed by atoms with Gasteiger partial charge in [0.2, 0.25) is 0 Å². The summed E-state index contributed by atoms with van der Waals surface area (Å²) in [5.41, 5.74) is 1.90. The third kappa shape index (κ3) is 6.82. The minimum absolute atomic E-state index is 0.0756. The topological polar surface area (TPSA) is 128 Å². The van der Waals surface area contributed by atoms with E-state index in [-0.39, 0.29) is 17.8 Å². The van der Waals surface area contributed by atoms with Gasteiger partial charge in [-0.1, -0.05) is 36.4 Å². The van der Waals surface area contributed by atoms with Crippen molar-refractivity contribution in [3.05, 3.63) is 95.3 Å². The molecule has 3 aromatic carbocycles. The number of benzene rings is 3. The van der Waals surface area contributed by atoms with E-state index in [0.717, 1.165) is 13.8 Å². The molecule has 0 aliphatic carbocycles. The largest absolute Gasteiger partial charge is 0.496 e. The second kappa shape index (κ2) is 13.4. The van der Waals surface area contributed by atoms with E-state index in [1.165, 1.54) is 33.5 Å². The van der Waals surface area contributed by atoms with Crippen molar-refractivity contribution in [2.45, 2.75) is 6.42 Å². The van der Waals surface area contributed by atoms with Crippen LogP contribution in [0.5, 0.6) is 17.2 Å². The summed E-state index contributed by atoms with van der Waals surface area (Å²) in [6.07, 6.45) is 3.36. The Hall–Kier alpha value is -4.81. The number of methoxy groups -OCH3 is 3. The van der Waals surface area contributed by atoms with Crippen molar-refractivity contribution in [3.63, 3.8) is 0 Å². The van der Waals surface area contributed by atoms with Crippen LogP contribution in [0, 0.1) is 0 Å². The minimum atomic E-state index is -3.87. The van der Waals surface area contributed by atoms with E-state index >= 15 is 0 Å². The second-order valence-corrected chi connectivity index (χ2v) is 11.6. The van der Waals surface area contributed by atoms with E-state index in [9.17, 15) is 18.0 Å². The number of hydrogen-bond acceptors (Lipinski definition) is 7. The average molecular weight is 607 g/mol. The Morgan fingerprint density at radius 2 is 1.56 bits per heavy atom. The van der Waals surface area contributed by atoms with Crippen LogP contribution < -0.4 is 24.8 Å². The predicted octanol–water partition coefficient (Wildman–Crippen LogP) is 3.45. The number of amides is 2. The third-order valence-corrected chi connectivity index (χ3v) is 8.43. The number of carbonyl (C=O) groups excluding carboxylic acids is 2. The number of hydrogen-bond donors (Lipinski definition) is 2. The summed E-state index contributed by atoms with van der Waals surface area (Å²) in [7, 11) is 3.55. The summed E-state index contributed by atoms with van der Waals surface area (Å²) in [5.74, 6) is 0.372. The van der Waals surface area contributed by atoms with Crippen LogP contribution in [0.25, 0.3) is 17.0 Å². The summed E-state index contributed by atoms with van der Waals surface area (Å²) in [6, 6.07) is 19.0. The molecule has 0 saturated heterocycles. The Bertz CT molecular complexity index is 1780. The number of nitrogens with one attached hydrogen (secondary N) is 2. The van der Waals surface area contributed by atoms with E-state index in [2.05, 4.69) is 10.6 Å². The lowest BCUT2D eigenvalue weighted by atomic mass is 10.1. The highest BCUT2D eigenvalue weighted by Crippen LogP contribution is 2.28. The summed E-state index contributed by atoms with van der Waals surface area (Å²) in [6.45, 7) is 0.243. The smallest absolute Gasteiger partial charge is 0.307 e. The summed E-state index contributed by atoms with van der Waals surface area (Å²) >= 11 is 0. The lowest BCUT2D eigenvalue weighted by molar-refractivity contribution is -0.117. The SMILES string of the molecule is COc1ccc(CCNC(=O)C(=Cc2cn(S(=O)(=O)N(C)C)c3ccccc23)NC(=O)c2ccccc2OC)cc1OC. The zero-order valence-electron chi connectivity index (χ0n) is 24.6. The van der Waals surface area contributed by atoms with Crippen molar-refractivity contribution in [3.8, 4) is 17.2 Å². The monoisotopic (exact) mass is 606 g/mol. The molecule has 11 nitrogen and oxygen atoms in total. The molecule has 0 saturated carbocycles. The Morgan fingerprint density at radius 1 is 0.884 bits per heavy atom. The van der Waals surface area contributed by atoms with Crippen molar-refractivity contribution >= 4 is 39.0 Å². The molecule has 1 heterocycles. The van der Waals surface area contributed by atoms with Crippen LogP contribution in [0.2, 0.25) is 0 Å². The van der Waals surface area contributed by atoms with Crippen LogP contribution in [-0.4, -0.2) is 70.5 Å². The van der Waals surface area contributed by atoms with Gasteiger partial charge >= 0.3 is 10.2 Å². The number of aromatic nitrogens is 1. The maximum atomic E-state index is 13.5. The molecule has 0 aliphatic heterocycles. The van der Waals surface area contributed by atoms with Gasteiger partial charge in [-0.3, -0.25) is 9.59 Å². The van der Waals surface area contributed by atoms with Gasteiger partial charge in [-0.15, -0.1) is 0 Å². The fraction of sp³-hybridized carbons (Fsp3) is 0.226. The maximum Gasteiger partial charge on any atom is 0.307 e. The fourth-order valence-corrected chi connectivity index (χ4v) is 5.45. The highest BCUT2D eigenvalue weighted by atomic mass is 32.2. The standard InChI is InChI=1S/C31H34N4O7S/c1-34(2)43(38,39)35-20-22(23-10-6-8-12-26(23)35)19-25(33-30(36)24-11-7-9-13-27(24)40-3)31(37)32-17-16-21-14-15-28(41-4)29(18-21)42-5/h6-15,18-20H,16-17H2,1-5H3,(H,32,37)(H,33,36). The average Bonchev–Trinajstić information content (AvgIpc) is 3.39. The Kier molecular flexibility index (Phi) is 9.73. The van der Waals surface area contributed by atoms with Gasteiger partial charge in [0.05, 0.1) is 32.4 Å². The summed E-state index contributed by atoms with van der Waals surface area (Å²) < 4.78 is 44.3. The van der Waals surface area contributed by atoms with Crippen molar-refractivity contribution < 1.29 is 32.2 Å². The molecule has 43 heavy (non-hydrogen) atoms. The molecule has 0 aliphatic rings. The number of rotatable bonds is 12. The van der Waals surface area contributed by atoms with Gasteiger partial charge in [0.25, 0.3) is 11.8 Å². The first-order chi connectivity index (χ1) is 20.6. The summed E-state index contributed by atoms with van der Waals surface area (Å²) in [5, 5.41) is 6.12. The van der Waals surface area contributed by atoms with Crippen molar-refractivity contribution in [2.24, 2.45) is 0 Å². The molecular weight excluding hydrogens is 572 g/mol. The molecule has 4 rings (SSSR count). The van der Waals surface area contributed by atoms with E-state index in [0.29, 0.717) is 40.1 Å². The van der Waals surface area contributed by atoms with Gasteiger partial charge in [-0.2, -0.15) is 12.7 Å². The van der Waals surface area contributed by atoms with Gasteiger partial charge < -0.3 is 24.8 Å². The van der Waals surface area contributed by atoms with Gasteiger partial charge in [0, 0.05) is 37.8 Å². The Morgan fingerprint density at radius 3 is 2.26 bits per heavy atom. The van der Waals surface area contributed by atoms with Gasteiger partial charge in [-0.25, -0.2) is 3.97 Å². The van der Waals surface area contributed by atoms with Crippen LogP contribution in [0.15, 0.2) is 78.6 Å². The summed E-state index contributed by atoms with van der Waals surface area (Å²) in [4.78, 5) is 26.9. The van der Waals surface area contributed by atoms with Gasteiger partial charge in [-0.05, 0) is 48.4 Å². The van der Waals surface area contributed by atoms with E-state index < -0.39 is 22.0 Å². The lowest BCUT2D eigenvalue weighted by Crippen LogP contribution is -2.36. The Labute approximate surface area is 250 Å². The van der Waals surface area contributed by atoms with E-state index in [1.54, 1.807) is 68.8 Å². The van der Waals surface area contributed by atoms with Crippen LogP contribution >= 0.6 is 0 Å². The molecule has 0 unspecified atom stereocenters. The van der Waals surface area contributed by atoms with Gasteiger partial charge in [0.1, 0.15) is 11.4 Å². The van der Waals surface area contributed by atoms with Crippen molar-refractivity contribution in [1.82, 2.24) is 18.9 Å². The number of para-hydroxylation sites is 2. The molecule has 12 heteroatoms. The molecule has 226 valence electrons. The minimum Gasteiger partial charge on any atom is -0.496 e. The van der Waals surface area contributed by atoms with E-state index in [4.69, 9.17) is 14.2 Å². The zero-order valence-corrected chi connectivity index (χ0v) is 25.4. The molecule has 0 atom stereocenters. The molecule has 2 amide bonds. The zero-order chi connectivity index (χ0) is 31.1. The first-order valence-electron chi connectivity index (χ1n) is 13.3. The van der Waals surface area contributed by atoms with Gasteiger partial charge in [0.15, 0.2) is 11.5 Å². The molecule has 0 radical (unpaired) electrons.